The van der Waals surface area contributed by atoms with Crippen LogP contribution in [0.1, 0.15) is 5.56 Å². The van der Waals surface area contributed by atoms with E-state index in [9.17, 15) is 0 Å². The lowest BCUT2D eigenvalue weighted by atomic mass is 10.2. The van der Waals surface area contributed by atoms with Crippen LogP contribution in [0.2, 0.25) is 0 Å². The first kappa shape index (κ1) is 17.9. The normalized spacial score (nSPS) is 11.4. The van der Waals surface area contributed by atoms with Crippen molar-refractivity contribution in [1.82, 2.24) is 10.2 Å². The third-order valence-electron chi connectivity index (χ3n) is 3.04. The number of methoxy groups -OCH3 is 1. The first-order chi connectivity index (χ1) is 11.7. The number of aromatic nitrogens is 2. The van der Waals surface area contributed by atoms with Gasteiger partial charge in [0.05, 0.1) is 38.7 Å². The highest BCUT2D eigenvalue weighted by atomic mass is 16.5. The molecule has 9 heteroatoms. The van der Waals surface area contributed by atoms with Crippen molar-refractivity contribution < 1.29 is 14.2 Å². The van der Waals surface area contributed by atoms with E-state index in [2.05, 4.69) is 20.4 Å². The van der Waals surface area contributed by atoms with E-state index < -0.39 is 0 Å². The molecule has 0 aliphatic carbocycles. The molecule has 0 saturated carbocycles. The summed E-state index contributed by atoms with van der Waals surface area (Å²) >= 11 is 0. The van der Waals surface area contributed by atoms with Crippen molar-refractivity contribution in [2.45, 2.75) is 6.61 Å². The minimum absolute atomic E-state index is 0.212. The monoisotopic (exact) mass is 334 g/mol. The van der Waals surface area contributed by atoms with Gasteiger partial charge in [-0.25, -0.2) is 0 Å². The molecule has 0 bridgehead atoms. The number of benzene rings is 1. The number of aromatic amines is 1. The third-order valence-corrected chi connectivity index (χ3v) is 3.04. The number of nitrogens with two attached hydrogens (primary N) is 2. The molecule has 1 aromatic carbocycles. The Bertz CT molecular complexity index is 639. The van der Waals surface area contributed by atoms with Crippen LogP contribution in [0.4, 0.5) is 23.0 Å². The molecule has 24 heavy (non-hydrogen) atoms. The SMILES string of the molecule is COCCOCCOCc1cccc(N=Nc2c(N)n[nH]c2N)c1. The summed E-state index contributed by atoms with van der Waals surface area (Å²) in [5.74, 6) is 0.494. The van der Waals surface area contributed by atoms with Crippen molar-refractivity contribution in [3.05, 3.63) is 29.8 Å². The summed E-state index contributed by atoms with van der Waals surface area (Å²) in [6.45, 7) is 2.65. The van der Waals surface area contributed by atoms with Crippen LogP contribution in [-0.4, -0.2) is 43.7 Å². The van der Waals surface area contributed by atoms with Crippen LogP contribution in [0.3, 0.4) is 0 Å². The topological polar surface area (TPSA) is 133 Å². The molecular formula is C15H22N6O3. The molecule has 0 aliphatic rings. The highest BCUT2D eigenvalue weighted by Gasteiger charge is 2.06. The van der Waals surface area contributed by atoms with Crippen LogP contribution in [0.15, 0.2) is 34.5 Å². The quantitative estimate of drug-likeness (QED) is 0.450. The number of anilines is 2. The maximum atomic E-state index is 5.67. The van der Waals surface area contributed by atoms with Crippen LogP contribution in [-0.2, 0) is 20.8 Å². The lowest BCUT2D eigenvalue weighted by molar-refractivity contribution is 0.0199. The van der Waals surface area contributed by atoms with Crippen LogP contribution >= 0.6 is 0 Å². The summed E-state index contributed by atoms with van der Waals surface area (Å²) in [7, 11) is 1.64. The smallest absolute Gasteiger partial charge is 0.175 e. The fraction of sp³-hybridized carbons (Fsp3) is 0.400. The van der Waals surface area contributed by atoms with E-state index in [-0.39, 0.29) is 11.6 Å². The molecule has 0 unspecified atom stereocenters. The van der Waals surface area contributed by atoms with Crippen molar-refractivity contribution in [3.63, 3.8) is 0 Å². The average Bonchev–Trinajstić information content (AvgIpc) is 2.91. The number of nitrogen functional groups attached to an aromatic ring is 2. The number of hydrogen-bond donors (Lipinski definition) is 3. The second-order valence-electron chi connectivity index (χ2n) is 4.90. The highest BCUT2D eigenvalue weighted by molar-refractivity contribution is 5.70. The van der Waals surface area contributed by atoms with E-state index in [1.54, 1.807) is 7.11 Å². The second kappa shape index (κ2) is 9.60. The summed E-state index contributed by atoms with van der Waals surface area (Å²) in [4.78, 5) is 0. The molecule has 5 N–H and O–H groups in total. The van der Waals surface area contributed by atoms with Crippen molar-refractivity contribution in [1.29, 1.82) is 0 Å². The molecule has 0 fully saturated rings. The molecule has 0 aliphatic heterocycles. The highest BCUT2D eigenvalue weighted by Crippen LogP contribution is 2.28. The molecule has 1 aromatic heterocycles. The Morgan fingerprint density at radius 2 is 1.88 bits per heavy atom. The number of nitrogens with zero attached hydrogens (tertiary/aromatic N) is 3. The van der Waals surface area contributed by atoms with Crippen molar-refractivity contribution in [3.8, 4) is 0 Å². The molecule has 130 valence electrons. The summed E-state index contributed by atoms with van der Waals surface area (Å²) in [6.07, 6.45) is 0. The number of nitrogens with one attached hydrogen (secondary N) is 1. The van der Waals surface area contributed by atoms with Gasteiger partial charge in [-0.15, -0.1) is 5.11 Å². The standard InChI is InChI=1S/C15H22N6O3/c1-22-5-6-23-7-8-24-10-11-3-2-4-12(9-11)18-19-13-14(16)20-21-15(13)17/h2-4,9H,5-8,10H2,1H3,(H5,16,17,20,21). The molecule has 2 rings (SSSR count). The van der Waals surface area contributed by atoms with Gasteiger partial charge in [-0.2, -0.15) is 10.2 Å². The van der Waals surface area contributed by atoms with Crippen molar-refractivity contribution >= 4 is 23.0 Å². The predicted octanol–water partition coefficient (Wildman–Crippen LogP) is 2.17. The molecule has 0 atom stereocenters. The Balaban J connectivity index is 1.81. The van der Waals surface area contributed by atoms with Crippen LogP contribution in [0.5, 0.6) is 0 Å². The fourth-order valence-corrected chi connectivity index (χ4v) is 1.84. The molecule has 2 aromatic rings. The molecule has 0 radical (unpaired) electrons. The fourth-order valence-electron chi connectivity index (χ4n) is 1.84. The molecule has 9 nitrogen and oxygen atoms in total. The summed E-state index contributed by atoms with van der Waals surface area (Å²) in [5.41, 5.74) is 13.3. The zero-order valence-electron chi connectivity index (χ0n) is 13.6. The first-order valence-electron chi connectivity index (χ1n) is 7.45. The van der Waals surface area contributed by atoms with Crippen molar-refractivity contribution in [2.75, 3.05) is 45.0 Å². The maximum Gasteiger partial charge on any atom is 0.175 e. The Kier molecular flexibility index (Phi) is 7.15. The van der Waals surface area contributed by atoms with Gasteiger partial charge < -0.3 is 25.7 Å². The number of azo groups is 1. The minimum Gasteiger partial charge on any atom is -0.382 e. The maximum absolute atomic E-state index is 5.67. The molecule has 0 spiro atoms. The van der Waals surface area contributed by atoms with Crippen molar-refractivity contribution in [2.24, 2.45) is 10.2 Å². The second-order valence-corrected chi connectivity index (χ2v) is 4.90. The molecule has 0 saturated heterocycles. The van der Waals surface area contributed by atoms with E-state index in [0.29, 0.717) is 44.4 Å². The lowest BCUT2D eigenvalue weighted by Gasteiger charge is -2.06. The first-order valence-corrected chi connectivity index (χ1v) is 7.45. The van der Waals surface area contributed by atoms with Crippen LogP contribution in [0, 0.1) is 0 Å². The van der Waals surface area contributed by atoms with E-state index in [1.165, 1.54) is 0 Å². The molecule has 1 heterocycles. The number of rotatable bonds is 10. The Hall–Kier alpha value is -2.49. The average molecular weight is 334 g/mol. The van der Waals surface area contributed by atoms with E-state index in [4.69, 9.17) is 25.7 Å². The van der Waals surface area contributed by atoms with Gasteiger partial charge in [0.15, 0.2) is 11.5 Å². The van der Waals surface area contributed by atoms with Gasteiger partial charge in [-0.05, 0) is 17.7 Å². The largest absolute Gasteiger partial charge is 0.382 e. The van der Waals surface area contributed by atoms with Gasteiger partial charge in [0.1, 0.15) is 5.82 Å². The predicted molar refractivity (Wildman–Crippen MR) is 90.4 cm³/mol. The number of H-pyrrole nitrogens is 1. The van der Waals surface area contributed by atoms with E-state index in [0.717, 1.165) is 5.56 Å². The van der Waals surface area contributed by atoms with Gasteiger partial charge >= 0.3 is 0 Å². The Labute approximate surface area is 140 Å². The molecule has 0 amide bonds. The van der Waals surface area contributed by atoms with Gasteiger partial charge in [-0.1, -0.05) is 12.1 Å². The minimum atomic E-state index is 0.212. The van der Waals surface area contributed by atoms with Crippen LogP contribution in [0.25, 0.3) is 0 Å². The summed E-state index contributed by atoms with van der Waals surface area (Å²) in [5, 5.41) is 14.4. The molecular weight excluding hydrogens is 312 g/mol. The third kappa shape index (κ3) is 5.61. The zero-order chi connectivity index (χ0) is 17.2. The van der Waals surface area contributed by atoms with E-state index >= 15 is 0 Å². The van der Waals surface area contributed by atoms with Gasteiger partial charge in [0, 0.05) is 7.11 Å². The number of ether oxygens (including phenoxy) is 3. The lowest BCUT2D eigenvalue weighted by Crippen LogP contribution is -2.08. The van der Waals surface area contributed by atoms with Gasteiger partial charge in [0.2, 0.25) is 0 Å². The van der Waals surface area contributed by atoms with Gasteiger partial charge in [0.25, 0.3) is 0 Å². The summed E-state index contributed by atoms with van der Waals surface area (Å²) in [6, 6.07) is 7.53. The Morgan fingerprint density at radius 3 is 2.62 bits per heavy atom. The van der Waals surface area contributed by atoms with Gasteiger partial charge in [-0.3, -0.25) is 5.10 Å². The van der Waals surface area contributed by atoms with E-state index in [1.807, 2.05) is 24.3 Å². The number of hydrogen-bond acceptors (Lipinski definition) is 8. The zero-order valence-corrected chi connectivity index (χ0v) is 13.6. The summed E-state index contributed by atoms with van der Waals surface area (Å²) < 4.78 is 15.8. The van der Waals surface area contributed by atoms with Crippen LogP contribution < -0.4 is 11.5 Å². The Morgan fingerprint density at radius 1 is 1.08 bits per heavy atom.